The molecule has 3 aromatic rings. The number of hydrogen-bond donors (Lipinski definition) is 1. The molecule has 3 aromatic carbocycles. The largest absolute Gasteiger partial charge is 0.354 e. The van der Waals surface area contributed by atoms with E-state index in [-0.39, 0.29) is 11.8 Å². The van der Waals surface area contributed by atoms with Crippen LogP contribution in [0.1, 0.15) is 44.2 Å². The lowest BCUT2D eigenvalue weighted by molar-refractivity contribution is -0.141. The van der Waals surface area contributed by atoms with E-state index in [0.717, 1.165) is 17.5 Å². The molecule has 3 rings (SSSR count). The number of benzene rings is 3. The number of nitrogens with one attached hydrogen (secondary N) is 1. The second-order valence-electron chi connectivity index (χ2n) is 7.86. The highest BCUT2D eigenvalue weighted by Gasteiger charge is 2.28. The second-order valence-corrected chi connectivity index (χ2v) is 7.86. The number of hydrogen-bond acceptors (Lipinski definition) is 2. The average Bonchev–Trinajstić information content (AvgIpc) is 2.81. The Bertz CT molecular complexity index is 995. The van der Waals surface area contributed by atoms with E-state index in [2.05, 4.69) is 29.6 Å². The van der Waals surface area contributed by atoms with Crippen LogP contribution in [-0.2, 0) is 22.6 Å². The van der Waals surface area contributed by atoms with E-state index in [9.17, 15) is 9.59 Å². The van der Waals surface area contributed by atoms with E-state index in [0.29, 0.717) is 32.4 Å². The molecule has 1 atom stereocenters. The molecule has 0 aromatic heterocycles. The van der Waals surface area contributed by atoms with E-state index < -0.39 is 6.04 Å². The van der Waals surface area contributed by atoms with E-state index in [1.54, 1.807) is 4.90 Å². The summed E-state index contributed by atoms with van der Waals surface area (Å²) in [4.78, 5) is 28.0. The van der Waals surface area contributed by atoms with Crippen LogP contribution in [0, 0.1) is 0 Å². The Morgan fingerprint density at radius 3 is 2.35 bits per heavy atom. The Hall–Kier alpha value is -3.14. The van der Waals surface area contributed by atoms with Crippen molar-refractivity contribution in [3.05, 3.63) is 83.9 Å². The van der Waals surface area contributed by atoms with Crippen molar-refractivity contribution < 1.29 is 9.59 Å². The molecule has 162 valence electrons. The van der Waals surface area contributed by atoms with Crippen molar-refractivity contribution in [2.45, 2.75) is 52.1 Å². The van der Waals surface area contributed by atoms with E-state index in [4.69, 9.17) is 0 Å². The van der Waals surface area contributed by atoms with E-state index in [1.165, 1.54) is 10.8 Å². The van der Waals surface area contributed by atoms with Crippen LogP contribution in [0.15, 0.2) is 72.8 Å². The first kappa shape index (κ1) is 22.5. The SMILES string of the molecule is CCCNC(=O)[C@H](CC)N(Cc1ccccc1)C(=O)CCc1cccc2ccccc12. The second kappa shape index (κ2) is 11.3. The molecule has 0 saturated carbocycles. The summed E-state index contributed by atoms with van der Waals surface area (Å²) in [6.45, 7) is 5.05. The lowest BCUT2D eigenvalue weighted by atomic mass is 10.00. The minimum atomic E-state index is -0.466. The van der Waals surface area contributed by atoms with Gasteiger partial charge in [-0.3, -0.25) is 9.59 Å². The third kappa shape index (κ3) is 5.94. The molecule has 0 spiro atoms. The molecule has 2 amide bonds. The summed E-state index contributed by atoms with van der Waals surface area (Å²) in [5.74, 6) is -0.0610. The van der Waals surface area contributed by atoms with Gasteiger partial charge in [-0.1, -0.05) is 86.6 Å². The van der Waals surface area contributed by atoms with Crippen molar-refractivity contribution in [1.29, 1.82) is 0 Å². The quantitative estimate of drug-likeness (QED) is 0.499. The average molecular weight is 417 g/mol. The normalized spacial score (nSPS) is 11.8. The Morgan fingerprint density at radius 2 is 1.61 bits per heavy atom. The van der Waals surface area contributed by atoms with Crippen LogP contribution >= 0.6 is 0 Å². The van der Waals surface area contributed by atoms with Gasteiger partial charge in [0.05, 0.1) is 0 Å². The predicted octanol–water partition coefficient (Wildman–Crippen LogP) is 5.11. The fraction of sp³-hybridized carbons (Fsp3) is 0.333. The maximum absolute atomic E-state index is 13.4. The van der Waals surface area contributed by atoms with Gasteiger partial charge in [0.15, 0.2) is 0 Å². The lowest BCUT2D eigenvalue weighted by Crippen LogP contribution is -2.49. The molecule has 31 heavy (non-hydrogen) atoms. The topological polar surface area (TPSA) is 49.4 Å². The summed E-state index contributed by atoms with van der Waals surface area (Å²) in [5, 5.41) is 5.33. The molecule has 0 fully saturated rings. The maximum atomic E-state index is 13.4. The molecule has 0 saturated heterocycles. The van der Waals surface area contributed by atoms with Gasteiger partial charge in [0.25, 0.3) is 0 Å². The van der Waals surface area contributed by atoms with Gasteiger partial charge in [0.2, 0.25) is 11.8 Å². The first-order chi connectivity index (χ1) is 15.1. The number of carbonyl (C=O) groups excluding carboxylic acids is 2. The number of rotatable bonds is 10. The van der Waals surface area contributed by atoms with Gasteiger partial charge in [-0.05, 0) is 41.2 Å². The van der Waals surface area contributed by atoms with Gasteiger partial charge in [-0.2, -0.15) is 0 Å². The van der Waals surface area contributed by atoms with Gasteiger partial charge in [0.1, 0.15) is 6.04 Å². The Kier molecular flexibility index (Phi) is 8.22. The molecule has 4 heteroatoms. The van der Waals surface area contributed by atoms with Gasteiger partial charge in [-0.25, -0.2) is 0 Å². The summed E-state index contributed by atoms with van der Waals surface area (Å²) in [5.41, 5.74) is 2.19. The molecule has 0 radical (unpaired) electrons. The van der Waals surface area contributed by atoms with Crippen molar-refractivity contribution >= 4 is 22.6 Å². The van der Waals surface area contributed by atoms with Crippen molar-refractivity contribution in [2.24, 2.45) is 0 Å². The van der Waals surface area contributed by atoms with Crippen molar-refractivity contribution in [3.8, 4) is 0 Å². The molecular formula is C27H32N2O2. The summed E-state index contributed by atoms with van der Waals surface area (Å²) in [6.07, 6.45) is 2.48. The summed E-state index contributed by atoms with van der Waals surface area (Å²) < 4.78 is 0. The van der Waals surface area contributed by atoms with E-state index in [1.807, 2.05) is 62.4 Å². The zero-order chi connectivity index (χ0) is 22.1. The van der Waals surface area contributed by atoms with E-state index >= 15 is 0 Å². The minimum Gasteiger partial charge on any atom is -0.354 e. The van der Waals surface area contributed by atoms with Crippen molar-refractivity contribution in [3.63, 3.8) is 0 Å². The fourth-order valence-corrected chi connectivity index (χ4v) is 3.96. The smallest absolute Gasteiger partial charge is 0.242 e. The standard InChI is InChI=1S/C27H32N2O2/c1-3-19-28-27(31)25(4-2)29(20-21-11-6-5-7-12-21)26(30)18-17-23-15-10-14-22-13-8-9-16-24(22)23/h5-16,25H,3-4,17-20H2,1-2H3,(H,28,31)/t25-/m0/s1. The fourth-order valence-electron chi connectivity index (χ4n) is 3.96. The first-order valence-corrected chi connectivity index (χ1v) is 11.2. The first-order valence-electron chi connectivity index (χ1n) is 11.2. The number of amides is 2. The molecule has 4 nitrogen and oxygen atoms in total. The van der Waals surface area contributed by atoms with Crippen LogP contribution in [0.5, 0.6) is 0 Å². The molecule has 0 bridgehead atoms. The van der Waals surface area contributed by atoms with Gasteiger partial charge in [0, 0.05) is 19.5 Å². The summed E-state index contributed by atoms with van der Waals surface area (Å²) in [6, 6.07) is 23.9. The zero-order valence-electron chi connectivity index (χ0n) is 18.5. The summed E-state index contributed by atoms with van der Waals surface area (Å²) in [7, 11) is 0. The van der Waals surface area contributed by atoms with Crippen LogP contribution in [0.2, 0.25) is 0 Å². The number of fused-ring (bicyclic) bond motifs is 1. The lowest BCUT2D eigenvalue weighted by Gasteiger charge is -2.31. The zero-order valence-corrected chi connectivity index (χ0v) is 18.5. The molecular weight excluding hydrogens is 384 g/mol. The monoisotopic (exact) mass is 416 g/mol. The van der Waals surface area contributed by atoms with Crippen LogP contribution in [0.4, 0.5) is 0 Å². The predicted molar refractivity (Wildman–Crippen MR) is 127 cm³/mol. The van der Waals surface area contributed by atoms with Crippen molar-refractivity contribution in [1.82, 2.24) is 10.2 Å². The molecule has 0 aliphatic carbocycles. The molecule has 0 aliphatic rings. The van der Waals surface area contributed by atoms with Crippen LogP contribution < -0.4 is 5.32 Å². The molecule has 0 heterocycles. The third-order valence-electron chi connectivity index (χ3n) is 5.62. The molecule has 0 unspecified atom stereocenters. The third-order valence-corrected chi connectivity index (χ3v) is 5.62. The number of nitrogens with zero attached hydrogens (tertiary/aromatic N) is 1. The number of carbonyl (C=O) groups is 2. The Morgan fingerprint density at radius 1 is 0.903 bits per heavy atom. The summed E-state index contributed by atoms with van der Waals surface area (Å²) >= 11 is 0. The van der Waals surface area contributed by atoms with Crippen LogP contribution in [-0.4, -0.2) is 29.3 Å². The van der Waals surface area contributed by atoms with Gasteiger partial charge >= 0.3 is 0 Å². The Labute approximate surface area is 185 Å². The highest BCUT2D eigenvalue weighted by Crippen LogP contribution is 2.21. The van der Waals surface area contributed by atoms with Gasteiger partial charge in [-0.15, -0.1) is 0 Å². The molecule has 1 N–H and O–H groups in total. The van der Waals surface area contributed by atoms with Crippen molar-refractivity contribution in [2.75, 3.05) is 6.54 Å². The van der Waals surface area contributed by atoms with Crippen LogP contribution in [0.3, 0.4) is 0 Å². The number of aryl methyl sites for hydroxylation is 1. The Balaban J connectivity index is 1.79. The minimum absolute atomic E-state index is 0.00952. The highest BCUT2D eigenvalue weighted by molar-refractivity contribution is 5.89. The molecule has 0 aliphatic heterocycles. The van der Waals surface area contributed by atoms with Gasteiger partial charge < -0.3 is 10.2 Å². The van der Waals surface area contributed by atoms with Crippen LogP contribution in [0.25, 0.3) is 10.8 Å². The maximum Gasteiger partial charge on any atom is 0.242 e. The highest BCUT2D eigenvalue weighted by atomic mass is 16.2.